The van der Waals surface area contributed by atoms with Gasteiger partial charge in [0.1, 0.15) is 6.10 Å². The van der Waals surface area contributed by atoms with Crippen molar-refractivity contribution in [1.82, 2.24) is 10.2 Å². The van der Waals surface area contributed by atoms with Gasteiger partial charge in [-0.1, -0.05) is 54.0 Å². The van der Waals surface area contributed by atoms with E-state index in [-0.39, 0.29) is 51.8 Å². The summed E-state index contributed by atoms with van der Waals surface area (Å²) in [6.45, 7) is 25.3. The Morgan fingerprint density at radius 2 is 1.74 bits per heavy atom. The van der Waals surface area contributed by atoms with Crippen molar-refractivity contribution < 1.29 is 29.3 Å². The van der Waals surface area contributed by atoms with Gasteiger partial charge in [0.05, 0.1) is 17.9 Å². The molecule has 53 heavy (non-hydrogen) atoms. The minimum absolute atomic E-state index is 0.00505. The number of esters is 1. The lowest BCUT2D eigenvalue weighted by Crippen LogP contribution is -2.66. The molecule has 0 aromatic carbocycles. The van der Waals surface area contributed by atoms with E-state index in [0.717, 1.165) is 76.5 Å². The topological polar surface area (TPSA) is 129 Å². The Hall–Kier alpha value is -2.52. The molecule has 5 rings (SSSR count). The maximum Gasteiger partial charge on any atom is 0.309 e. The van der Waals surface area contributed by atoms with Crippen LogP contribution in [0, 0.1) is 56.2 Å². The summed E-state index contributed by atoms with van der Waals surface area (Å²) in [5, 5.41) is 25.3. The van der Waals surface area contributed by atoms with Gasteiger partial charge in [0, 0.05) is 49.8 Å². The number of aliphatic imine (C=N–C) groups is 1. The van der Waals surface area contributed by atoms with Crippen molar-refractivity contribution in [2.24, 2.45) is 61.2 Å². The number of fused-ring (bicyclic) bond motifs is 7. The van der Waals surface area contributed by atoms with Crippen LogP contribution in [-0.2, 0) is 19.1 Å². The van der Waals surface area contributed by atoms with E-state index < -0.39 is 28.9 Å². The van der Waals surface area contributed by atoms with Crippen molar-refractivity contribution in [3.05, 3.63) is 23.5 Å². The van der Waals surface area contributed by atoms with Gasteiger partial charge in [0.2, 0.25) is 0 Å². The molecule has 5 aliphatic carbocycles. The van der Waals surface area contributed by atoms with Gasteiger partial charge < -0.3 is 25.2 Å². The third-order valence-electron chi connectivity index (χ3n) is 16.1. The van der Waals surface area contributed by atoms with Crippen molar-refractivity contribution in [3.63, 3.8) is 0 Å². The van der Waals surface area contributed by atoms with Crippen LogP contribution >= 0.6 is 0 Å². The second-order valence-electron chi connectivity index (χ2n) is 20.1. The first-order valence-corrected chi connectivity index (χ1v) is 20.5. The normalized spacial score (nSPS) is 37.1. The molecule has 0 radical (unpaired) electrons. The quantitative estimate of drug-likeness (QED) is 0.0936. The van der Waals surface area contributed by atoms with Gasteiger partial charge in [-0.2, -0.15) is 0 Å². The van der Waals surface area contributed by atoms with Crippen LogP contribution < -0.4 is 5.32 Å². The number of allylic oxidation sites excluding steroid dienone is 1. The van der Waals surface area contributed by atoms with Gasteiger partial charge in [0.25, 0.3) is 0 Å². The smallest absolute Gasteiger partial charge is 0.309 e. The number of carboxylic acid groups (broad SMARTS) is 1. The molecule has 0 bridgehead atoms. The van der Waals surface area contributed by atoms with Gasteiger partial charge in [-0.05, 0) is 130 Å². The number of ketones is 1. The summed E-state index contributed by atoms with van der Waals surface area (Å²) in [7, 11) is 2.02. The summed E-state index contributed by atoms with van der Waals surface area (Å²) in [6.07, 6.45) is 11.8. The number of hydrogen-bond acceptors (Lipinski definition) is 8. The molecule has 4 saturated carbocycles. The molecule has 3 N–H and O–H groups in total. The number of ether oxygens (including phenoxy) is 1. The van der Waals surface area contributed by atoms with Gasteiger partial charge in [0.15, 0.2) is 5.78 Å². The number of aliphatic hydroxyl groups excluding tert-OH is 1. The molecule has 0 aromatic rings. The predicted molar refractivity (Wildman–Crippen MR) is 210 cm³/mol. The van der Waals surface area contributed by atoms with Crippen LogP contribution in [0.25, 0.3) is 0 Å². The fraction of sp³-hybridized carbons (Fsp3) is 0.818. The standard InChI is InChI=1S/C44H71N3O6/c1-28(2)36-30(48)25-44(33(49)27-46-21-12-23-47(11)24-22-45-10)20-19-42(8)29(37(36)44)13-14-32-41(7)17-16-34(53-35(50)26-39(3,4)38(51)52)40(5,6)31(41)15-18-43(32,42)9/h22,24,28-29,31-34,46,49H,10,12-21,23,25-27H2,1-9,11H3,(H,51,52)/b24-22-/t29-,31+,32-,33-,34+,41+,42-,43-,44+/m1/s1. The van der Waals surface area contributed by atoms with Crippen molar-refractivity contribution in [3.8, 4) is 0 Å². The number of hydrogen-bond donors (Lipinski definition) is 3. The van der Waals surface area contributed by atoms with E-state index in [1.807, 2.05) is 13.2 Å². The SMILES string of the molecule is C=N/C=C\N(C)CCCNC[C@@H](O)[C@@]12CC[C@]3(C)[C@H](CC[C@@H]4[C@@]5(C)CC[C@H](OC(=O)CC(C)(C)C(=O)O)C(C)(C)[C@@H]5CC[C@]43C)C1=C(C(C)C)C(=O)C2. The minimum Gasteiger partial charge on any atom is -0.481 e. The monoisotopic (exact) mass is 738 g/mol. The predicted octanol–water partition coefficient (Wildman–Crippen LogP) is 7.82. The summed E-state index contributed by atoms with van der Waals surface area (Å²) in [5.74, 6) is 0.0786. The lowest BCUT2D eigenvalue weighted by molar-refractivity contribution is -0.235. The van der Waals surface area contributed by atoms with E-state index in [0.29, 0.717) is 24.8 Å². The van der Waals surface area contributed by atoms with Gasteiger partial charge in [-0.25, -0.2) is 0 Å². The lowest BCUT2D eigenvalue weighted by atomic mass is 9.33. The van der Waals surface area contributed by atoms with Crippen LogP contribution in [0.4, 0.5) is 0 Å². The molecule has 298 valence electrons. The van der Waals surface area contributed by atoms with Crippen molar-refractivity contribution in [1.29, 1.82) is 0 Å². The molecule has 0 unspecified atom stereocenters. The Bertz CT molecular complexity index is 1500. The molecule has 0 heterocycles. The van der Waals surface area contributed by atoms with E-state index >= 15 is 0 Å². The molecule has 4 fully saturated rings. The number of rotatable bonds is 14. The van der Waals surface area contributed by atoms with Crippen molar-refractivity contribution >= 4 is 24.4 Å². The number of carbonyl (C=O) groups excluding carboxylic acids is 2. The molecule has 9 nitrogen and oxygen atoms in total. The second kappa shape index (κ2) is 14.9. The fourth-order valence-corrected chi connectivity index (χ4v) is 13.0. The average Bonchev–Trinajstić information content (AvgIpc) is 3.38. The van der Waals surface area contributed by atoms with Crippen LogP contribution in [0.5, 0.6) is 0 Å². The summed E-state index contributed by atoms with van der Waals surface area (Å²) in [6, 6.07) is 0. The first-order chi connectivity index (χ1) is 24.6. The van der Waals surface area contributed by atoms with Crippen LogP contribution in [0.1, 0.15) is 133 Å². The third kappa shape index (κ3) is 6.97. The second-order valence-corrected chi connectivity index (χ2v) is 20.1. The summed E-state index contributed by atoms with van der Waals surface area (Å²) < 4.78 is 6.17. The molecule has 9 atom stereocenters. The van der Waals surface area contributed by atoms with Gasteiger partial charge in [-0.3, -0.25) is 19.4 Å². The molecule has 0 spiro atoms. The highest BCUT2D eigenvalue weighted by atomic mass is 16.5. The lowest BCUT2D eigenvalue weighted by Gasteiger charge is -2.72. The Labute approximate surface area is 319 Å². The van der Waals surface area contributed by atoms with E-state index in [2.05, 4.69) is 70.4 Å². The highest BCUT2D eigenvalue weighted by Crippen LogP contribution is 2.77. The summed E-state index contributed by atoms with van der Waals surface area (Å²) >= 11 is 0. The van der Waals surface area contributed by atoms with Crippen LogP contribution in [-0.4, -0.2) is 78.4 Å². The molecular weight excluding hydrogens is 666 g/mol. The molecule has 0 aliphatic heterocycles. The number of nitrogens with zero attached hydrogens (tertiary/aromatic N) is 2. The number of carboxylic acids is 1. The number of nitrogens with one attached hydrogen (secondary N) is 1. The Balaban J connectivity index is 1.37. The third-order valence-corrected chi connectivity index (χ3v) is 16.1. The Morgan fingerprint density at radius 1 is 1.04 bits per heavy atom. The van der Waals surface area contributed by atoms with E-state index in [9.17, 15) is 24.6 Å². The van der Waals surface area contributed by atoms with Crippen LogP contribution in [0.3, 0.4) is 0 Å². The molecule has 0 saturated heterocycles. The number of aliphatic hydroxyl groups is 1. The minimum atomic E-state index is -1.16. The number of aliphatic carboxylic acids is 1. The molecule has 0 aromatic heterocycles. The highest BCUT2D eigenvalue weighted by Gasteiger charge is 2.70. The number of carbonyl (C=O) groups is 3. The first-order valence-electron chi connectivity index (χ1n) is 20.5. The van der Waals surface area contributed by atoms with Crippen molar-refractivity contribution in [2.75, 3.05) is 26.7 Å². The zero-order valence-corrected chi connectivity index (χ0v) is 34.6. The Kier molecular flexibility index (Phi) is 11.7. The molecule has 5 aliphatic rings. The van der Waals surface area contributed by atoms with Crippen LogP contribution in [0.2, 0.25) is 0 Å². The largest absolute Gasteiger partial charge is 0.481 e. The van der Waals surface area contributed by atoms with E-state index in [4.69, 9.17) is 4.74 Å². The molecular formula is C44H71N3O6. The maximum atomic E-state index is 14.0. The summed E-state index contributed by atoms with van der Waals surface area (Å²) in [5.41, 5.74) is 0.510. The van der Waals surface area contributed by atoms with E-state index in [1.54, 1.807) is 20.0 Å². The van der Waals surface area contributed by atoms with E-state index in [1.165, 1.54) is 5.57 Å². The maximum absolute atomic E-state index is 14.0. The summed E-state index contributed by atoms with van der Waals surface area (Å²) in [4.78, 5) is 44.7. The van der Waals surface area contributed by atoms with Crippen molar-refractivity contribution in [2.45, 2.75) is 145 Å². The zero-order chi connectivity index (χ0) is 39.4. The Morgan fingerprint density at radius 3 is 2.38 bits per heavy atom. The average molecular weight is 738 g/mol. The highest BCUT2D eigenvalue weighted by molar-refractivity contribution is 6.00. The number of Topliss-reactive ketones (excluding diaryl/α,β-unsaturated/α-hetero) is 1. The van der Waals surface area contributed by atoms with Gasteiger partial charge in [-0.15, -0.1) is 0 Å². The first kappa shape index (κ1) is 41.6. The molecule has 9 heteroatoms. The zero-order valence-electron chi connectivity index (χ0n) is 34.6. The van der Waals surface area contributed by atoms with Gasteiger partial charge >= 0.3 is 11.9 Å². The molecule has 0 amide bonds. The fourth-order valence-electron chi connectivity index (χ4n) is 13.0. The van der Waals surface area contributed by atoms with Crippen LogP contribution in [0.15, 0.2) is 28.5 Å².